The minimum Gasteiger partial charge on any atom is -0.299 e. The van der Waals surface area contributed by atoms with Crippen molar-refractivity contribution in [2.45, 2.75) is 197 Å². The van der Waals surface area contributed by atoms with Gasteiger partial charge in [-0.1, -0.05) is 64.2 Å². The Morgan fingerprint density at radius 3 is 1.38 bits per heavy atom. The average Bonchev–Trinajstić information content (AvgIpc) is 3.70. The van der Waals surface area contributed by atoms with Gasteiger partial charge in [0, 0.05) is 36.3 Å². The number of rotatable bonds is 5. The van der Waals surface area contributed by atoms with E-state index in [9.17, 15) is 0 Å². The van der Waals surface area contributed by atoms with Crippen LogP contribution in [0.2, 0.25) is 0 Å². The van der Waals surface area contributed by atoms with Crippen molar-refractivity contribution in [3.63, 3.8) is 0 Å². The van der Waals surface area contributed by atoms with Crippen LogP contribution >= 0.6 is 0 Å². The minimum atomic E-state index is 0.582. The predicted octanol–water partition coefficient (Wildman–Crippen LogP) is 7.86. The molecular weight excluding hydrogens is 512 g/mol. The van der Waals surface area contributed by atoms with Crippen LogP contribution in [0, 0.1) is 29.6 Å². The molecule has 8 fully saturated rings. The second-order valence-corrected chi connectivity index (χ2v) is 17.1. The maximum atomic E-state index is 4.45. The zero-order valence-electron chi connectivity index (χ0n) is 27.2. The van der Waals surface area contributed by atoms with Gasteiger partial charge in [-0.2, -0.15) is 0 Å². The van der Waals surface area contributed by atoms with Gasteiger partial charge in [0.1, 0.15) is 0 Å². The lowest BCUT2D eigenvalue weighted by atomic mass is 9.71. The summed E-state index contributed by atoms with van der Waals surface area (Å²) in [5, 5.41) is 8.79. The number of hydrogen-bond acceptors (Lipinski definition) is 4. The van der Waals surface area contributed by atoms with Crippen LogP contribution in [0.25, 0.3) is 0 Å². The molecule has 0 aromatic heterocycles. The molecule has 4 nitrogen and oxygen atoms in total. The van der Waals surface area contributed by atoms with Crippen molar-refractivity contribution < 1.29 is 0 Å². The normalized spacial score (nSPS) is 46.9. The third kappa shape index (κ3) is 6.03. The molecule has 5 saturated carbocycles. The molecule has 0 radical (unpaired) electrons. The fourth-order valence-corrected chi connectivity index (χ4v) is 12.8. The molecule has 0 aromatic rings. The molecule has 9 unspecified atom stereocenters. The van der Waals surface area contributed by atoms with Crippen molar-refractivity contribution in [2.24, 2.45) is 29.6 Å². The molecule has 3 heterocycles. The van der Waals surface area contributed by atoms with Crippen LogP contribution in [0.5, 0.6) is 0 Å². The van der Waals surface area contributed by atoms with Gasteiger partial charge in [-0.3, -0.25) is 20.4 Å². The summed E-state index contributed by atoms with van der Waals surface area (Å²) < 4.78 is 0. The van der Waals surface area contributed by atoms with E-state index in [1.807, 2.05) is 0 Å². The maximum absolute atomic E-state index is 4.45. The standard InChI is InChI=1S/C38H66N4/c1-3-11-27(12-4-1)34-26-35(40-38(39-34)30-15-5-2-6-16-30)31-23-32(41-21-19-28-13-7-9-17-36(28)41)25-33(24-31)42-22-20-29-14-8-10-18-37(29)42/h27-40H,1-26H2. The average molecular weight is 579 g/mol. The zero-order valence-corrected chi connectivity index (χ0v) is 27.2. The Balaban J connectivity index is 1.05. The molecule has 5 aliphatic carbocycles. The number of likely N-dealkylation sites (tertiary alicyclic amines) is 2. The first-order valence-electron chi connectivity index (χ1n) is 19.8. The highest BCUT2D eigenvalue weighted by molar-refractivity contribution is 5.04. The van der Waals surface area contributed by atoms with E-state index in [0.717, 1.165) is 65.8 Å². The van der Waals surface area contributed by atoms with Gasteiger partial charge in [0.25, 0.3) is 0 Å². The van der Waals surface area contributed by atoms with Crippen molar-refractivity contribution in [3.8, 4) is 0 Å². The van der Waals surface area contributed by atoms with Crippen molar-refractivity contribution in [1.29, 1.82) is 0 Å². The van der Waals surface area contributed by atoms with Gasteiger partial charge < -0.3 is 0 Å². The fourth-order valence-electron chi connectivity index (χ4n) is 12.8. The van der Waals surface area contributed by atoms with Crippen LogP contribution in [0.1, 0.15) is 154 Å². The molecule has 4 heteroatoms. The molecule has 2 N–H and O–H groups in total. The van der Waals surface area contributed by atoms with Gasteiger partial charge >= 0.3 is 0 Å². The smallest absolute Gasteiger partial charge is 0.0605 e. The number of fused-ring (bicyclic) bond motifs is 2. The Morgan fingerprint density at radius 2 is 0.810 bits per heavy atom. The molecule has 8 rings (SSSR count). The number of hydrogen-bond donors (Lipinski definition) is 2. The van der Waals surface area contributed by atoms with Gasteiger partial charge in [-0.15, -0.1) is 0 Å². The van der Waals surface area contributed by atoms with Crippen molar-refractivity contribution >= 4 is 0 Å². The molecule has 42 heavy (non-hydrogen) atoms. The highest BCUT2D eigenvalue weighted by atomic mass is 15.3. The monoisotopic (exact) mass is 579 g/mol. The Labute approximate surface area is 259 Å². The van der Waals surface area contributed by atoms with Gasteiger partial charge in [0.05, 0.1) is 6.17 Å². The van der Waals surface area contributed by atoms with Gasteiger partial charge in [-0.05, 0) is 133 Å². The molecule has 9 atom stereocenters. The maximum Gasteiger partial charge on any atom is 0.0605 e. The minimum absolute atomic E-state index is 0.582. The fraction of sp³-hybridized carbons (Fsp3) is 1.00. The van der Waals surface area contributed by atoms with E-state index in [-0.39, 0.29) is 0 Å². The first-order valence-corrected chi connectivity index (χ1v) is 19.8. The Morgan fingerprint density at radius 1 is 0.357 bits per heavy atom. The van der Waals surface area contributed by atoms with Crippen molar-refractivity contribution in [3.05, 3.63) is 0 Å². The zero-order chi connectivity index (χ0) is 27.9. The molecule has 0 spiro atoms. The molecule has 0 aromatic carbocycles. The summed E-state index contributed by atoms with van der Waals surface area (Å²) in [6, 6.07) is 5.06. The molecule has 3 saturated heterocycles. The van der Waals surface area contributed by atoms with Crippen LogP contribution in [0.3, 0.4) is 0 Å². The first-order chi connectivity index (χ1) is 20.8. The summed E-state index contributed by atoms with van der Waals surface area (Å²) in [5.74, 6) is 4.72. The van der Waals surface area contributed by atoms with Crippen LogP contribution < -0.4 is 10.6 Å². The molecular formula is C38H66N4. The molecule has 8 aliphatic rings. The Bertz CT molecular complexity index is 799. The topological polar surface area (TPSA) is 30.5 Å². The quantitative estimate of drug-likeness (QED) is 0.348. The van der Waals surface area contributed by atoms with Gasteiger partial charge in [0.2, 0.25) is 0 Å². The van der Waals surface area contributed by atoms with E-state index in [0.29, 0.717) is 6.17 Å². The third-order valence-corrected chi connectivity index (χ3v) is 14.9. The van der Waals surface area contributed by atoms with Crippen molar-refractivity contribution in [2.75, 3.05) is 13.1 Å². The summed E-state index contributed by atoms with van der Waals surface area (Å²) in [5.41, 5.74) is 0. The molecule has 3 aliphatic heterocycles. The predicted molar refractivity (Wildman–Crippen MR) is 174 cm³/mol. The van der Waals surface area contributed by atoms with Crippen LogP contribution in [0.4, 0.5) is 0 Å². The summed E-state index contributed by atoms with van der Waals surface area (Å²) in [4.78, 5) is 6.30. The third-order valence-electron chi connectivity index (χ3n) is 14.9. The summed E-state index contributed by atoms with van der Waals surface area (Å²) in [7, 11) is 0. The highest BCUT2D eigenvalue weighted by Crippen LogP contribution is 2.46. The van der Waals surface area contributed by atoms with Gasteiger partial charge in [0.15, 0.2) is 0 Å². The van der Waals surface area contributed by atoms with E-state index in [4.69, 9.17) is 0 Å². The van der Waals surface area contributed by atoms with E-state index in [1.54, 1.807) is 0 Å². The van der Waals surface area contributed by atoms with Gasteiger partial charge in [-0.25, -0.2) is 0 Å². The largest absolute Gasteiger partial charge is 0.299 e. The van der Waals surface area contributed by atoms with Crippen LogP contribution in [0.15, 0.2) is 0 Å². The molecule has 0 amide bonds. The van der Waals surface area contributed by atoms with E-state index < -0.39 is 0 Å². The van der Waals surface area contributed by atoms with E-state index >= 15 is 0 Å². The Kier molecular flexibility index (Phi) is 9.26. The second kappa shape index (κ2) is 13.3. The van der Waals surface area contributed by atoms with Crippen molar-refractivity contribution in [1.82, 2.24) is 20.4 Å². The summed E-state index contributed by atoms with van der Waals surface area (Å²) >= 11 is 0. The molecule has 238 valence electrons. The van der Waals surface area contributed by atoms with E-state index in [1.165, 1.54) is 167 Å². The van der Waals surface area contributed by atoms with E-state index in [2.05, 4.69) is 20.4 Å². The second-order valence-electron chi connectivity index (χ2n) is 17.1. The summed E-state index contributed by atoms with van der Waals surface area (Å²) in [6.45, 7) is 2.83. The molecule has 0 bridgehead atoms. The SMILES string of the molecule is C1CCC(C2CC(C3CC(N4CCC5CCCCC54)CC(N4CCC5CCCCC54)C3)NC(C3CCCCC3)N2)CC1. The summed E-state index contributed by atoms with van der Waals surface area (Å²) in [6.07, 6.45) is 36.3. The lowest BCUT2D eigenvalue weighted by Gasteiger charge is -2.52. The Hall–Kier alpha value is -0.160. The lowest BCUT2D eigenvalue weighted by molar-refractivity contribution is 0.00540. The highest BCUT2D eigenvalue weighted by Gasteiger charge is 2.48. The number of nitrogens with zero attached hydrogens (tertiary/aromatic N) is 2. The number of nitrogens with one attached hydrogen (secondary N) is 2. The van der Waals surface area contributed by atoms with Crippen LogP contribution in [-0.2, 0) is 0 Å². The lowest BCUT2D eigenvalue weighted by Crippen LogP contribution is -2.65. The first kappa shape index (κ1) is 29.3. The van der Waals surface area contributed by atoms with Crippen LogP contribution in [-0.4, -0.2) is 65.3 Å².